The van der Waals surface area contributed by atoms with Crippen LogP contribution in [0.5, 0.6) is 0 Å². The topological polar surface area (TPSA) is 21.3 Å². The third-order valence-electron chi connectivity index (χ3n) is 3.04. The molecule has 1 aliphatic heterocycles. The van der Waals surface area contributed by atoms with Crippen LogP contribution in [-0.4, -0.2) is 25.3 Å². The van der Waals surface area contributed by atoms with Crippen LogP contribution < -0.4 is 5.32 Å². The molecule has 0 aliphatic carbocycles. The fraction of sp³-hybridized carbons (Fsp3) is 1.00. The molecular formula is C11H23NO. The minimum atomic E-state index is 0.0824. The molecule has 2 nitrogen and oxygen atoms in total. The van der Waals surface area contributed by atoms with E-state index in [1.54, 1.807) is 0 Å². The predicted molar refractivity (Wildman–Crippen MR) is 55.9 cm³/mol. The molecule has 0 amide bonds. The molecule has 2 heteroatoms. The summed E-state index contributed by atoms with van der Waals surface area (Å²) in [5, 5.41) is 3.39. The monoisotopic (exact) mass is 185 g/mol. The number of likely N-dealkylation sites (N-methyl/N-ethyl adjacent to an activating group) is 1. The lowest BCUT2D eigenvalue weighted by molar-refractivity contribution is -0.0149. The Hall–Kier alpha value is -0.0800. The summed E-state index contributed by atoms with van der Waals surface area (Å²) in [7, 11) is 2.04. The van der Waals surface area contributed by atoms with Crippen LogP contribution in [0.15, 0.2) is 0 Å². The molecule has 1 rings (SSSR count). The number of nitrogens with one attached hydrogen (secondary N) is 1. The average Bonchev–Trinajstić information content (AvgIpc) is 2.48. The summed E-state index contributed by atoms with van der Waals surface area (Å²) < 4.78 is 5.83. The lowest BCUT2D eigenvalue weighted by Gasteiger charge is -2.34. The Labute approximate surface area is 82.0 Å². The van der Waals surface area contributed by atoms with Crippen molar-refractivity contribution in [3.63, 3.8) is 0 Å². The number of ether oxygens (including phenoxy) is 1. The Kier molecular flexibility index (Phi) is 3.74. The summed E-state index contributed by atoms with van der Waals surface area (Å²) in [5.41, 5.74) is 0.0824. The standard InChI is InChI=1S/C11H23NO/c1-9(2)8-10(12-4)11(3)6-5-7-13-11/h9-10,12H,5-8H2,1-4H3. The largest absolute Gasteiger partial charge is 0.374 e. The Bertz CT molecular complexity index is 150. The van der Waals surface area contributed by atoms with Gasteiger partial charge in [-0.3, -0.25) is 0 Å². The molecule has 0 bridgehead atoms. The molecule has 2 unspecified atom stereocenters. The molecule has 78 valence electrons. The summed E-state index contributed by atoms with van der Waals surface area (Å²) >= 11 is 0. The predicted octanol–water partition coefficient (Wildman–Crippen LogP) is 2.19. The highest BCUT2D eigenvalue weighted by Crippen LogP contribution is 2.31. The first kappa shape index (κ1) is 11.0. The fourth-order valence-corrected chi connectivity index (χ4v) is 2.22. The Morgan fingerprint density at radius 1 is 1.46 bits per heavy atom. The van der Waals surface area contributed by atoms with Crippen molar-refractivity contribution in [1.29, 1.82) is 0 Å². The van der Waals surface area contributed by atoms with E-state index in [0.717, 1.165) is 12.5 Å². The zero-order valence-electron chi connectivity index (χ0n) is 9.39. The fourth-order valence-electron chi connectivity index (χ4n) is 2.22. The van der Waals surface area contributed by atoms with E-state index in [0.29, 0.717) is 6.04 Å². The quantitative estimate of drug-likeness (QED) is 0.725. The lowest BCUT2D eigenvalue weighted by atomic mass is 9.87. The SMILES string of the molecule is CNC(CC(C)C)C1(C)CCCO1. The summed E-state index contributed by atoms with van der Waals surface area (Å²) in [6, 6.07) is 0.509. The molecule has 1 heterocycles. The van der Waals surface area contributed by atoms with E-state index >= 15 is 0 Å². The molecule has 0 spiro atoms. The van der Waals surface area contributed by atoms with Crippen LogP contribution in [0, 0.1) is 5.92 Å². The smallest absolute Gasteiger partial charge is 0.0807 e. The van der Waals surface area contributed by atoms with E-state index in [1.165, 1.54) is 19.3 Å². The van der Waals surface area contributed by atoms with Gasteiger partial charge in [0.1, 0.15) is 0 Å². The van der Waals surface area contributed by atoms with Gasteiger partial charge in [0.25, 0.3) is 0 Å². The molecule has 0 aromatic carbocycles. The molecular weight excluding hydrogens is 162 g/mol. The van der Waals surface area contributed by atoms with Gasteiger partial charge in [-0.05, 0) is 39.2 Å². The van der Waals surface area contributed by atoms with Crippen LogP contribution in [0.4, 0.5) is 0 Å². The second kappa shape index (κ2) is 4.43. The van der Waals surface area contributed by atoms with E-state index in [1.807, 2.05) is 7.05 Å². The van der Waals surface area contributed by atoms with Crippen molar-refractivity contribution in [3.8, 4) is 0 Å². The first-order valence-corrected chi connectivity index (χ1v) is 5.39. The van der Waals surface area contributed by atoms with Gasteiger partial charge in [0.15, 0.2) is 0 Å². The van der Waals surface area contributed by atoms with Gasteiger partial charge in [-0.25, -0.2) is 0 Å². The van der Waals surface area contributed by atoms with Gasteiger partial charge in [-0.1, -0.05) is 13.8 Å². The third kappa shape index (κ3) is 2.68. The van der Waals surface area contributed by atoms with Gasteiger partial charge in [-0.2, -0.15) is 0 Å². The summed E-state index contributed by atoms with van der Waals surface area (Å²) in [4.78, 5) is 0. The lowest BCUT2D eigenvalue weighted by Crippen LogP contribution is -2.47. The molecule has 0 radical (unpaired) electrons. The van der Waals surface area contributed by atoms with E-state index in [9.17, 15) is 0 Å². The van der Waals surface area contributed by atoms with E-state index in [2.05, 4.69) is 26.1 Å². The molecule has 1 N–H and O–H groups in total. The second-order valence-corrected chi connectivity index (χ2v) is 4.74. The van der Waals surface area contributed by atoms with Crippen molar-refractivity contribution in [1.82, 2.24) is 5.32 Å². The maximum atomic E-state index is 5.83. The molecule has 1 fully saturated rings. The third-order valence-corrected chi connectivity index (χ3v) is 3.04. The molecule has 1 aliphatic rings. The van der Waals surface area contributed by atoms with E-state index in [-0.39, 0.29) is 5.60 Å². The molecule has 0 aromatic rings. The summed E-state index contributed by atoms with van der Waals surface area (Å²) in [6.45, 7) is 7.71. The van der Waals surface area contributed by atoms with Gasteiger partial charge >= 0.3 is 0 Å². The van der Waals surface area contributed by atoms with Crippen molar-refractivity contribution in [2.75, 3.05) is 13.7 Å². The Morgan fingerprint density at radius 2 is 2.15 bits per heavy atom. The van der Waals surface area contributed by atoms with Crippen molar-refractivity contribution in [2.24, 2.45) is 5.92 Å². The maximum Gasteiger partial charge on any atom is 0.0807 e. The van der Waals surface area contributed by atoms with Crippen LogP contribution in [0.2, 0.25) is 0 Å². The van der Waals surface area contributed by atoms with Gasteiger partial charge in [0.05, 0.1) is 5.60 Å². The first-order chi connectivity index (χ1) is 6.08. The normalized spacial score (nSPS) is 31.2. The molecule has 0 aromatic heterocycles. The van der Waals surface area contributed by atoms with Gasteiger partial charge < -0.3 is 10.1 Å². The van der Waals surface area contributed by atoms with E-state index in [4.69, 9.17) is 4.74 Å². The van der Waals surface area contributed by atoms with Crippen molar-refractivity contribution in [3.05, 3.63) is 0 Å². The summed E-state index contributed by atoms with van der Waals surface area (Å²) in [5.74, 6) is 0.735. The molecule has 1 saturated heterocycles. The highest BCUT2D eigenvalue weighted by Gasteiger charge is 2.37. The van der Waals surface area contributed by atoms with Crippen LogP contribution in [0.25, 0.3) is 0 Å². The molecule has 13 heavy (non-hydrogen) atoms. The Balaban J connectivity index is 2.53. The Morgan fingerprint density at radius 3 is 2.54 bits per heavy atom. The number of hydrogen-bond donors (Lipinski definition) is 1. The van der Waals surface area contributed by atoms with Crippen molar-refractivity contribution >= 4 is 0 Å². The zero-order chi connectivity index (χ0) is 9.90. The highest BCUT2D eigenvalue weighted by molar-refractivity contribution is 4.92. The second-order valence-electron chi connectivity index (χ2n) is 4.74. The number of hydrogen-bond acceptors (Lipinski definition) is 2. The zero-order valence-corrected chi connectivity index (χ0v) is 9.39. The van der Waals surface area contributed by atoms with Crippen LogP contribution in [-0.2, 0) is 4.74 Å². The van der Waals surface area contributed by atoms with Crippen molar-refractivity contribution in [2.45, 2.75) is 51.7 Å². The first-order valence-electron chi connectivity index (χ1n) is 5.39. The number of rotatable bonds is 4. The summed E-state index contributed by atoms with van der Waals surface area (Å²) in [6.07, 6.45) is 3.62. The molecule has 0 saturated carbocycles. The minimum absolute atomic E-state index is 0.0824. The average molecular weight is 185 g/mol. The minimum Gasteiger partial charge on any atom is -0.374 e. The van der Waals surface area contributed by atoms with E-state index < -0.39 is 0 Å². The van der Waals surface area contributed by atoms with Crippen LogP contribution in [0.1, 0.15) is 40.0 Å². The maximum absolute atomic E-state index is 5.83. The highest BCUT2D eigenvalue weighted by atomic mass is 16.5. The van der Waals surface area contributed by atoms with Crippen molar-refractivity contribution < 1.29 is 4.74 Å². The van der Waals surface area contributed by atoms with Gasteiger partial charge in [0.2, 0.25) is 0 Å². The van der Waals surface area contributed by atoms with Gasteiger partial charge in [-0.15, -0.1) is 0 Å². The molecule has 2 atom stereocenters. The van der Waals surface area contributed by atoms with Crippen LogP contribution in [0.3, 0.4) is 0 Å². The van der Waals surface area contributed by atoms with Crippen LogP contribution >= 0.6 is 0 Å². The van der Waals surface area contributed by atoms with Gasteiger partial charge in [0, 0.05) is 12.6 Å².